The van der Waals surface area contributed by atoms with Crippen LogP contribution >= 0.6 is 0 Å². The molecule has 266 valence electrons. The fourth-order valence-corrected chi connectivity index (χ4v) is 8.32. The number of anilines is 1. The van der Waals surface area contributed by atoms with Crippen molar-refractivity contribution in [1.29, 1.82) is 0 Å². The fraction of sp³-hybridized carbons (Fsp3) is 0.320. The maximum atomic E-state index is 3.74. The largest absolute Gasteiger partial charge is 0.385 e. The summed E-state index contributed by atoms with van der Waals surface area (Å²) in [4.78, 5) is 0. The first-order valence-electron chi connectivity index (χ1n) is 19.8. The van der Waals surface area contributed by atoms with E-state index in [0.717, 1.165) is 32.4 Å². The molecule has 0 saturated heterocycles. The van der Waals surface area contributed by atoms with Crippen LogP contribution < -0.4 is 10.7 Å². The highest BCUT2D eigenvalue weighted by molar-refractivity contribution is 6.10. The third kappa shape index (κ3) is 7.40. The van der Waals surface area contributed by atoms with Crippen molar-refractivity contribution in [2.45, 2.75) is 86.1 Å². The number of hydrogen-bond donors (Lipinski definition) is 1. The van der Waals surface area contributed by atoms with Crippen molar-refractivity contribution in [3.63, 3.8) is 0 Å². The summed E-state index contributed by atoms with van der Waals surface area (Å²) in [6.45, 7) is 13.8. The molecule has 1 aromatic heterocycles. The molecule has 6 aromatic rings. The molecular formula is C50H56N2. The number of fused-ring (bicyclic) bond motifs is 1. The highest BCUT2D eigenvalue weighted by Crippen LogP contribution is 2.46. The summed E-state index contributed by atoms with van der Waals surface area (Å²) >= 11 is 0. The monoisotopic (exact) mass is 684 g/mol. The topological polar surface area (TPSA) is 17.0 Å². The first-order valence-corrected chi connectivity index (χ1v) is 19.8. The lowest BCUT2D eigenvalue weighted by Crippen LogP contribution is -2.25. The Labute approximate surface area is 311 Å². The zero-order valence-electron chi connectivity index (χ0n) is 32.0. The van der Waals surface area contributed by atoms with Gasteiger partial charge in [0, 0.05) is 45.8 Å². The molecule has 1 N–H and O–H groups in total. The van der Waals surface area contributed by atoms with E-state index in [9.17, 15) is 0 Å². The number of benzene rings is 5. The average molecular weight is 685 g/mol. The number of hydrogen-bond acceptors (Lipinski definition) is 1. The summed E-state index contributed by atoms with van der Waals surface area (Å²) in [5.41, 5.74) is 9.77. The number of rotatable bonds is 12. The molecule has 0 amide bonds. The Hall–Kier alpha value is -4.82. The predicted molar refractivity (Wildman–Crippen MR) is 228 cm³/mol. The second-order valence-electron chi connectivity index (χ2n) is 15.9. The van der Waals surface area contributed by atoms with Gasteiger partial charge >= 0.3 is 0 Å². The SMILES string of the molecule is CCCCNc1cccc2cccc(C/C=C/C3=C(c4ccccc4)C(=C/C=c4\c5cccc6cccc(c65)n4CCCC)/CC(C(C)(C)C)C3)c12. The molecule has 1 aliphatic carbocycles. The van der Waals surface area contributed by atoms with Crippen LogP contribution in [0.15, 0.2) is 133 Å². The van der Waals surface area contributed by atoms with Crippen LogP contribution in [0, 0.1) is 11.3 Å². The van der Waals surface area contributed by atoms with E-state index in [-0.39, 0.29) is 5.41 Å². The van der Waals surface area contributed by atoms with Gasteiger partial charge in [-0.2, -0.15) is 0 Å². The minimum Gasteiger partial charge on any atom is -0.385 e. The Bertz CT molecular complexity index is 2290. The molecule has 1 unspecified atom stereocenters. The van der Waals surface area contributed by atoms with Crippen LogP contribution in [0.1, 0.15) is 84.3 Å². The lowest BCUT2D eigenvalue weighted by atomic mass is 9.68. The normalized spacial score (nSPS) is 16.8. The van der Waals surface area contributed by atoms with Crippen LogP contribution in [0.2, 0.25) is 0 Å². The van der Waals surface area contributed by atoms with Gasteiger partial charge in [-0.05, 0) is 100 Å². The zero-order valence-corrected chi connectivity index (χ0v) is 32.0. The van der Waals surface area contributed by atoms with Crippen molar-refractivity contribution in [3.8, 4) is 0 Å². The summed E-state index contributed by atoms with van der Waals surface area (Å²) < 4.78 is 2.57. The summed E-state index contributed by atoms with van der Waals surface area (Å²) in [6, 6.07) is 38.2. The van der Waals surface area contributed by atoms with E-state index < -0.39 is 0 Å². The summed E-state index contributed by atoms with van der Waals surface area (Å²) in [5.74, 6) is 0.539. The van der Waals surface area contributed by atoms with Crippen molar-refractivity contribution in [2.75, 3.05) is 11.9 Å². The van der Waals surface area contributed by atoms with Gasteiger partial charge in [-0.25, -0.2) is 0 Å². The van der Waals surface area contributed by atoms with Gasteiger partial charge in [0.05, 0.1) is 0 Å². The highest BCUT2D eigenvalue weighted by Gasteiger charge is 2.32. The van der Waals surface area contributed by atoms with E-state index in [1.165, 1.54) is 97.0 Å². The molecule has 52 heavy (non-hydrogen) atoms. The van der Waals surface area contributed by atoms with Crippen LogP contribution in [0.3, 0.4) is 0 Å². The van der Waals surface area contributed by atoms with Crippen molar-refractivity contribution < 1.29 is 0 Å². The zero-order chi connectivity index (χ0) is 36.1. The van der Waals surface area contributed by atoms with E-state index in [0.29, 0.717) is 5.92 Å². The number of aromatic nitrogens is 1. The lowest BCUT2D eigenvalue weighted by molar-refractivity contribution is 0.236. The predicted octanol–water partition coefficient (Wildman–Crippen LogP) is 13.1. The molecule has 0 bridgehead atoms. The minimum atomic E-state index is 0.185. The van der Waals surface area contributed by atoms with Crippen LogP contribution in [0.5, 0.6) is 0 Å². The van der Waals surface area contributed by atoms with Gasteiger partial charge in [-0.1, -0.05) is 157 Å². The molecule has 0 radical (unpaired) electrons. The molecule has 1 atom stereocenters. The smallest absolute Gasteiger partial charge is 0.0497 e. The lowest BCUT2D eigenvalue weighted by Gasteiger charge is -2.37. The van der Waals surface area contributed by atoms with Gasteiger partial charge < -0.3 is 9.88 Å². The van der Waals surface area contributed by atoms with E-state index in [1.54, 1.807) is 0 Å². The van der Waals surface area contributed by atoms with Crippen LogP contribution in [0.25, 0.3) is 44.1 Å². The van der Waals surface area contributed by atoms with Crippen molar-refractivity contribution in [1.82, 2.24) is 4.57 Å². The van der Waals surface area contributed by atoms with Gasteiger partial charge in [0.25, 0.3) is 0 Å². The molecular weight excluding hydrogens is 629 g/mol. The van der Waals surface area contributed by atoms with Gasteiger partial charge in [0.1, 0.15) is 0 Å². The van der Waals surface area contributed by atoms with Crippen LogP contribution in [-0.2, 0) is 13.0 Å². The fourth-order valence-electron chi connectivity index (χ4n) is 8.32. The number of nitrogens with one attached hydrogen (secondary N) is 1. The number of nitrogens with zero attached hydrogens (tertiary/aromatic N) is 1. The first-order chi connectivity index (χ1) is 25.4. The second kappa shape index (κ2) is 15.8. The molecule has 7 rings (SSSR count). The molecule has 1 aliphatic rings. The Morgan fingerprint density at radius 1 is 0.731 bits per heavy atom. The molecule has 2 nitrogen and oxygen atoms in total. The number of allylic oxidation sites excluding steroid dienone is 6. The Morgan fingerprint density at radius 2 is 1.44 bits per heavy atom. The Kier molecular flexibility index (Phi) is 10.8. The summed E-state index contributed by atoms with van der Waals surface area (Å²) in [7, 11) is 0. The number of aryl methyl sites for hydroxylation is 1. The first kappa shape index (κ1) is 35.6. The van der Waals surface area contributed by atoms with E-state index in [4.69, 9.17) is 0 Å². The van der Waals surface area contributed by atoms with E-state index in [2.05, 4.69) is 172 Å². The van der Waals surface area contributed by atoms with Crippen molar-refractivity contribution in [2.24, 2.45) is 11.3 Å². The molecule has 0 saturated carbocycles. The summed E-state index contributed by atoms with van der Waals surface area (Å²) in [5, 5.41) is 11.8. The third-order valence-corrected chi connectivity index (χ3v) is 11.3. The van der Waals surface area contributed by atoms with Gasteiger partial charge in [0.2, 0.25) is 0 Å². The van der Waals surface area contributed by atoms with Crippen molar-refractivity contribution in [3.05, 3.63) is 149 Å². The van der Waals surface area contributed by atoms with Gasteiger partial charge in [-0.15, -0.1) is 0 Å². The average Bonchev–Trinajstić information content (AvgIpc) is 3.46. The quantitative estimate of drug-likeness (QED) is 0.127. The van der Waals surface area contributed by atoms with E-state index >= 15 is 0 Å². The third-order valence-electron chi connectivity index (χ3n) is 11.3. The van der Waals surface area contributed by atoms with Gasteiger partial charge in [-0.3, -0.25) is 0 Å². The standard InChI is InChI=1S/C50H56N2/c1-6-8-32-51-44-28-16-24-38-21-13-20-37(48(38)44)22-14-26-40-34-42(50(3,4)5)35-41(47(40)36-18-11-10-12-19-36)30-31-45-43-27-15-23-39-25-17-29-46(49(39)43)52(45)33-9-7-2/h10-21,23-31,42,51H,6-9,22,32-35H2,1-5H3/b26-14+,41-30+,45-31+. The summed E-state index contributed by atoms with van der Waals surface area (Å²) in [6.07, 6.45) is 17.6. The molecule has 2 heteroatoms. The van der Waals surface area contributed by atoms with Crippen molar-refractivity contribution >= 4 is 49.8 Å². The molecule has 1 heterocycles. The Balaban J connectivity index is 1.36. The van der Waals surface area contributed by atoms with Crippen LogP contribution in [0.4, 0.5) is 5.69 Å². The molecule has 5 aromatic carbocycles. The molecule has 0 spiro atoms. The highest BCUT2D eigenvalue weighted by atomic mass is 15.0. The molecule has 0 fully saturated rings. The van der Waals surface area contributed by atoms with E-state index in [1.807, 2.05) is 0 Å². The minimum absolute atomic E-state index is 0.185. The van der Waals surface area contributed by atoms with Gasteiger partial charge in [0.15, 0.2) is 0 Å². The molecule has 0 aliphatic heterocycles. The van der Waals surface area contributed by atoms with Crippen LogP contribution in [-0.4, -0.2) is 11.1 Å². The number of unbranched alkanes of at least 4 members (excludes halogenated alkanes) is 2. The second-order valence-corrected chi connectivity index (χ2v) is 15.9. The Morgan fingerprint density at radius 3 is 2.19 bits per heavy atom. The maximum Gasteiger partial charge on any atom is 0.0497 e. The maximum absolute atomic E-state index is 3.74.